The number of hydrogen-bond donors (Lipinski definition) is 4. The number of H-pyrrole nitrogens is 1. The first-order chi connectivity index (χ1) is 8.54. The number of phenols is 1. The van der Waals surface area contributed by atoms with Crippen molar-refractivity contribution in [1.82, 2.24) is 10.2 Å². The van der Waals surface area contributed by atoms with E-state index in [4.69, 9.17) is 15.6 Å². The quantitative estimate of drug-likeness (QED) is 0.645. The zero-order valence-electron chi connectivity index (χ0n) is 9.47. The molecule has 0 saturated heterocycles. The van der Waals surface area contributed by atoms with Gasteiger partial charge >= 0.3 is 5.97 Å². The topological polar surface area (TPSA) is 121 Å². The zero-order chi connectivity index (χ0) is 13.3. The van der Waals surface area contributed by atoms with Gasteiger partial charge in [-0.15, -0.1) is 0 Å². The van der Waals surface area contributed by atoms with Crippen molar-refractivity contribution >= 4 is 11.8 Å². The van der Waals surface area contributed by atoms with E-state index in [0.717, 1.165) is 0 Å². The average Bonchev–Trinajstić information content (AvgIpc) is 2.74. The number of aromatic amines is 1. The molecule has 0 spiro atoms. The third-order valence-corrected chi connectivity index (χ3v) is 2.51. The Labute approximate surface area is 102 Å². The highest BCUT2D eigenvalue weighted by Crippen LogP contribution is 2.37. The second kappa shape index (κ2) is 4.28. The number of carboxylic acids is 1. The molecule has 0 atom stereocenters. The van der Waals surface area contributed by atoms with Gasteiger partial charge in [0.1, 0.15) is 22.9 Å². The predicted molar refractivity (Wildman–Crippen MR) is 63.6 cm³/mol. The van der Waals surface area contributed by atoms with Crippen molar-refractivity contribution in [2.45, 2.75) is 0 Å². The van der Waals surface area contributed by atoms with E-state index in [1.165, 1.54) is 25.4 Å². The molecule has 0 aliphatic carbocycles. The minimum Gasteiger partial charge on any atom is -0.507 e. The third-order valence-electron chi connectivity index (χ3n) is 2.51. The van der Waals surface area contributed by atoms with Crippen LogP contribution >= 0.6 is 0 Å². The number of nitrogen functional groups attached to an aromatic ring is 1. The molecule has 2 aromatic rings. The van der Waals surface area contributed by atoms with Gasteiger partial charge in [-0.3, -0.25) is 5.10 Å². The fraction of sp³-hybridized carbons (Fsp3) is 0.0909. The molecule has 0 saturated carbocycles. The van der Waals surface area contributed by atoms with Gasteiger partial charge in [0, 0.05) is 17.2 Å². The van der Waals surface area contributed by atoms with Gasteiger partial charge in [0.2, 0.25) is 0 Å². The molecular formula is C11H11N3O4. The molecule has 0 unspecified atom stereocenters. The number of anilines is 1. The van der Waals surface area contributed by atoms with Gasteiger partial charge in [0.25, 0.3) is 0 Å². The van der Waals surface area contributed by atoms with E-state index in [1.54, 1.807) is 0 Å². The van der Waals surface area contributed by atoms with Crippen molar-refractivity contribution in [2.75, 3.05) is 12.8 Å². The lowest BCUT2D eigenvalue weighted by atomic mass is 10.0. The Hall–Kier alpha value is -2.70. The first-order valence-electron chi connectivity index (χ1n) is 4.98. The summed E-state index contributed by atoms with van der Waals surface area (Å²) in [4.78, 5) is 11.1. The van der Waals surface area contributed by atoms with Crippen LogP contribution in [0.2, 0.25) is 0 Å². The van der Waals surface area contributed by atoms with E-state index < -0.39 is 5.97 Å². The fourth-order valence-corrected chi connectivity index (χ4v) is 1.63. The third kappa shape index (κ3) is 1.81. The summed E-state index contributed by atoms with van der Waals surface area (Å²) >= 11 is 0. The van der Waals surface area contributed by atoms with Crippen LogP contribution in [0.4, 0.5) is 5.82 Å². The molecule has 1 heterocycles. The highest BCUT2D eigenvalue weighted by Gasteiger charge is 2.18. The maximum atomic E-state index is 11.1. The Kier molecular flexibility index (Phi) is 2.80. The maximum Gasteiger partial charge on any atom is 0.339 e. The first-order valence-corrected chi connectivity index (χ1v) is 4.98. The number of nitrogens with two attached hydrogens (primary N) is 1. The summed E-state index contributed by atoms with van der Waals surface area (Å²) in [5.74, 6) is -0.974. The summed E-state index contributed by atoms with van der Waals surface area (Å²) in [6.07, 6.45) is 1.41. The first kappa shape index (κ1) is 11.8. The number of aromatic nitrogens is 2. The molecule has 1 aromatic heterocycles. The summed E-state index contributed by atoms with van der Waals surface area (Å²) in [5, 5.41) is 25.1. The summed E-state index contributed by atoms with van der Waals surface area (Å²) in [6.45, 7) is 0. The Morgan fingerprint density at radius 3 is 2.67 bits per heavy atom. The number of nitrogens with zero attached hydrogens (tertiary/aromatic N) is 1. The molecule has 0 fully saturated rings. The van der Waals surface area contributed by atoms with Crippen LogP contribution in [-0.2, 0) is 0 Å². The van der Waals surface area contributed by atoms with Crippen molar-refractivity contribution in [2.24, 2.45) is 0 Å². The number of aromatic carboxylic acids is 1. The van der Waals surface area contributed by atoms with Gasteiger partial charge in [-0.05, 0) is 6.07 Å². The van der Waals surface area contributed by atoms with Gasteiger partial charge in [0.05, 0.1) is 13.3 Å². The number of carboxylic acid groups (broad SMARTS) is 1. The second-order valence-corrected chi connectivity index (χ2v) is 3.57. The van der Waals surface area contributed by atoms with Gasteiger partial charge in [0.15, 0.2) is 0 Å². The number of nitrogens with one attached hydrogen (secondary N) is 1. The number of hydrogen-bond acceptors (Lipinski definition) is 5. The van der Waals surface area contributed by atoms with Crippen LogP contribution in [0.15, 0.2) is 18.3 Å². The largest absolute Gasteiger partial charge is 0.507 e. The zero-order valence-corrected chi connectivity index (χ0v) is 9.47. The Morgan fingerprint density at radius 2 is 2.17 bits per heavy atom. The number of carbonyl (C=O) groups is 1. The summed E-state index contributed by atoms with van der Waals surface area (Å²) in [5.41, 5.74) is 6.27. The molecule has 0 amide bonds. The molecule has 0 aliphatic heterocycles. The Morgan fingerprint density at radius 1 is 1.44 bits per heavy atom. The van der Waals surface area contributed by atoms with Crippen molar-refractivity contribution in [3.63, 3.8) is 0 Å². The van der Waals surface area contributed by atoms with Crippen molar-refractivity contribution < 1.29 is 19.7 Å². The van der Waals surface area contributed by atoms with Gasteiger partial charge in [-0.1, -0.05) is 0 Å². The standard InChI is InChI=1S/C11H11N3O4/c1-18-9-3-8(15)5(2-6(9)11(16)17)7-4-13-14-10(7)12/h2-4,15H,1H3,(H,16,17)(H3,12,13,14). The number of methoxy groups -OCH3 is 1. The molecular weight excluding hydrogens is 238 g/mol. The van der Waals surface area contributed by atoms with Crippen molar-refractivity contribution in [3.8, 4) is 22.6 Å². The highest BCUT2D eigenvalue weighted by atomic mass is 16.5. The highest BCUT2D eigenvalue weighted by molar-refractivity contribution is 5.94. The maximum absolute atomic E-state index is 11.1. The number of benzene rings is 1. The van der Waals surface area contributed by atoms with Crippen LogP contribution in [0.3, 0.4) is 0 Å². The van der Waals surface area contributed by atoms with Crippen LogP contribution in [0.5, 0.6) is 11.5 Å². The SMILES string of the molecule is COc1cc(O)c(-c2cn[nH]c2N)cc1C(=O)O. The van der Waals surface area contributed by atoms with Crippen molar-refractivity contribution in [3.05, 3.63) is 23.9 Å². The lowest BCUT2D eigenvalue weighted by Crippen LogP contribution is -2.01. The van der Waals surface area contributed by atoms with E-state index >= 15 is 0 Å². The van der Waals surface area contributed by atoms with Crippen LogP contribution in [0.25, 0.3) is 11.1 Å². The molecule has 7 nitrogen and oxygen atoms in total. The molecule has 7 heteroatoms. The lowest BCUT2D eigenvalue weighted by molar-refractivity contribution is 0.0693. The smallest absolute Gasteiger partial charge is 0.339 e. The normalized spacial score (nSPS) is 10.3. The van der Waals surface area contributed by atoms with E-state index in [9.17, 15) is 9.90 Å². The predicted octanol–water partition coefficient (Wildman–Crippen LogP) is 1.07. The Bertz CT molecular complexity index is 606. The molecule has 18 heavy (non-hydrogen) atoms. The van der Waals surface area contributed by atoms with E-state index in [0.29, 0.717) is 5.56 Å². The van der Waals surface area contributed by atoms with Gasteiger partial charge in [-0.2, -0.15) is 5.10 Å². The summed E-state index contributed by atoms with van der Waals surface area (Å²) in [6, 6.07) is 2.52. The monoisotopic (exact) mass is 249 g/mol. The van der Waals surface area contributed by atoms with Gasteiger partial charge in [-0.25, -0.2) is 4.79 Å². The number of aromatic hydroxyl groups is 1. The van der Waals surface area contributed by atoms with Gasteiger partial charge < -0.3 is 20.7 Å². The number of ether oxygens (including phenoxy) is 1. The van der Waals surface area contributed by atoms with Crippen molar-refractivity contribution in [1.29, 1.82) is 0 Å². The van der Waals surface area contributed by atoms with Crippen LogP contribution in [0, 0.1) is 0 Å². The average molecular weight is 249 g/mol. The minimum atomic E-state index is -1.16. The van der Waals surface area contributed by atoms with E-state index in [-0.39, 0.29) is 28.4 Å². The molecule has 5 N–H and O–H groups in total. The summed E-state index contributed by atoms with van der Waals surface area (Å²) in [7, 11) is 1.33. The molecule has 0 radical (unpaired) electrons. The second-order valence-electron chi connectivity index (χ2n) is 3.57. The molecule has 1 aromatic carbocycles. The van der Waals surface area contributed by atoms with E-state index in [1.807, 2.05) is 0 Å². The molecule has 94 valence electrons. The number of rotatable bonds is 3. The fourth-order valence-electron chi connectivity index (χ4n) is 1.63. The summed E-state index contributed by atoms with van der Waals surface area (Å²) < 4.78 is 4.89. The van der Waals surface area contributed by atoms with E-state index in [2.05, 4.69) is 10.2 Å². The number of phenolic OH excluding ortho intramolecular Hbond substituents is 1. The molecule has 0 bridgehead atoms. The lowest BCUT2D eigenvalue weighted by Gasteiger charge is -2.09. The van der Waals surface area contributed by atoms with Crippen LogP contribution in [-0.4, -0.2) is 33.5 Å². The molecule has 2 rings (SSSR count). The molecule has 0 aliphatic rings. The van der Waals surface area contributed by atoms with Crippen LogP contribution in [0.1, 0.15) is 10.4 Å². The minimum absolute atomic E-state index is 0.0640. The van der Waals surface area contributed by atoms with Crippen LogP contribution < -0.4 is 10.5 Å². The Balaban J connectivity index is 2.66.